The fraction of sp³-hybridized carbons (Fsp3) is 0.0286. The van der Waals surface area contributed by atoms with E-state index in [9.17, 15) is 0 Å². The van der Waals surface area contributed by atoms with Crippen molar-refractivity contribution in [2.24, 2.45) is 0 Å². The van der Waals surface area contributed by atoms with Crippen molar-refractivity contribution >= 4 is 29.2 Å². The molecular formula is C35H25BO2. The molecule has 38 heavy (non-hydrogen) atoms. The number of allylic oxidation sites excluding steroid dienone is 3. The second-order valence-electron chi connectivity index (χ2n) is 9.65. The summed E-state index contributed by atoms with van der Waals surface area (Å²) in [5, 5.41) is 0. The van der Waals surface area contributed by atoms with Gasteiger partial charge in [0.15, 0.2) is 0 Å². The van der Waals surface area contributed by atoms with Gasteiger partial charge in [0.2, 0.25) is 0 Å². The average Bonchev–Trinajstić information content (AvgIpc) is 2.97. The first-order chi connectivity index (χ1) is 18.8. The van der Waals surface area contributed by atoms with Crippen LogP contribution in [0.15, 0.2) is 127 Å². The molecule has 3 heteroatoms. The van der Waals surface area contributed by atoms with Gasteiger partial charge in [0, 0.05) is 5.46 Å². The first-order valence-corrected chi connectivity index (χ1v) is 13.0. The summed E-state index contributed by atoms with van der Waals surface area (Å²) in [5.74, 6) is 3.50. The standard InChI is InChI=1S/C35H25BO2/c1-2-3-5-12-24-19-20-27(25-13-6-4-7-14-25)28(21-24)26-22-33-35-34(23-26)38-32-18-11-9-16-30(32)36(35)29-15-8-10-17-31(29)37-33/h2-23H,1H3/b3-2-,12-5-. The van der Waals surface area contributed by atoms with Gasteiger partial charge in [-0.25, -0.2) is 0 Å². The molecule has 180 valence electrons. The van der Waals surface area contributed by atoms with Crippen LogP contribution in [-0.4, -0.2) is 6.71 Å². The topological polar surface area (TPSA) is 18.5 Å². The number of hydrogen-bond donors (Lipinski definition) is 0. The maximum absolute atomic E-state index is 6.55. The van der Waals surface area contributed by atoms with Crippen molar-refractivity contribution in [3.8, 4) is 45.3 Å². The molecule has 0 spiro atoms. The van der Waals surface area contributed by atoms with Crippen LogP contribution in [-0.2, 0) is 0 Å². The number of ether oxygens (including phenoxy) is 2. The normalized spacial score (nSPS) is 13.0. The smallest absolute Gasteiger partial charge is 0.260 e. The van der Waals surface area contributed by atoms with E-state index in [1.807, 2.05) is 31.2 Å². The van der Waals surface area contributed by atoms with Crippen LogP contribution in [0.3, 0.4) is 0 Å². The molecule has 0 saturated heterocycles. The van der Waals surface area contributed by atoms with Crippen molar-refractivity contribution in [2.75, 3.05) is 0 Å². The average molecular weight is 488 g/mol. The number of fused-ring (bicyclic) bond motifs is 4. The van der Waals surface area contributed by atoms with Crippen LogP contribution >= 0.6 is 0 Å². The second kappa shape index (κ2) is 9.28. The van der Waals surface area contributed by atoms with Gasteiger partial charge >= 0.3 is 0 Å². The molecular weight excluding hydrogens is 463 g/mol. The minimum absolute atomic E-state index is 0.0765. The highest BCUT2D eigenvalue weighted by molar-refractivity contribution is 6.98. The highest BCUT2D eigenvalue weighted by Gasteiger charge is 2.40. The Labute approximate surface area is 223 Å². The third kappa shape index (κ3) is 3.75. The molecule has 0 aromatic heterocycles. The third-order valence-corrected chi connectivity index (χ3v) is 7.32. The zero-order valence-corrected chi connectivity index (χ0v) is 21.1. The number of rotatable bonds is 4. The van der Waals surface area contributed by atoms with Gasteiger partial charge in [-0.2, -0.15) is 0 Å². The van der Waals surface area contributed by atoms with Gasteiger partial charge in [0.05, 0.1) is 0 Å². The Morgan fingerprint density at radius 2 is 1.18 bits per heavy atom. The Hall–Kier alpha value is -4.76. The predicted octanol–water partition coefficient (Wildman–Crippen LogP) is 7.34. The lowest BCUT2D eigenvalue weighted by atomic mass is 9.35. The van der Waals surface area contributed by atoms with Crippen LogP contribution in [0.4, 0.5) is 0 Å². The second-order valence-corrected chi connectivity index (χ2v) is 9.65. The maximum atomic E-state index is 6.55. The van der Waals surface area contributed by atoms with Crippen LogP contribution in [0.5, 0.6) is 23.0 Å². The Kier molecular flexibility index (Phi) is 5.48. The SMILES string of the molecule is C/C=C\C=C/c1ccc(-c2ccccc2)c(-c2cc3c4c(c2)Oc2ccccc2B4c2ccccc2O3)c1. The first kappa shape index (κ1) is 22.4. The zero-order valence-electron chi connectivity index (χ0n) is 21.1. The van der Waals surface area contributed by atoms with Gasteiger partial charge in [-0.15, -0.1) is 0 Å². The molecule has 2 aliphatic rings. The monoisotopic (exact) mass is 488 g/mol. The van der Waals surface area contributed by atoms with Crippen LogP contribution in [0.25, 0.3) is 28.3 Å². The van der Waals surface area contributed by atoms with Crippen molar-refractivity contribution < 1.29 is 9.47 Å². The van der Waals surface area contributed by atoms with E-state index in [-0.39, 0.29) is 6.71 Å². The van der Waals surface area contributed by atoms with Gasteiger partial charge in [0.25, 0.3) is 6.71 Å². The lowest BCUT2D eigenvalue weighted by molar-refractivity contribution is 0.465. The van der Waals surface area contributed by atoms with E-state index < -0.39 is 0 Å². The van der Waals surface area contributed by atoms with Crippen molar-refractivity contribution in [3.05, 3.63) is 133 Å². The number of hydrogen-bond acceptors (Lipinski definition) is 2. The summed E-state index contributed by atoms with van der Waals surface area (Å²) in [4.78, 5) is 0. The summed E-state index contributed by atoms with van der Waals surface area (Å²) in [6, 6.07) is 38.2. The Morgan fingerprint density at radius 1 is 0.553 bits per heavy atom. The maximum Gasteiger partial charge on any atom is 0.260 e. The molecule has 2 nitrogen and oxygen atoms in total. The summed E-state index contributed by atoms with van der Waals surface area (Å²) in [6.45, 7) is 2.10. The van der Waals surface area contributed by atoms with Gasteiger partial charge in [-0.1, -0.05) is 103 Å². The summed E-state index contributed by atoms with van der Waals surface area (Å²) >= 11 is 0. The molecule has 0 fully saturated rings. The van der Waals surface area contributed by atoms with Gasteiger partial charge < -0.3 is 9.47 Å². The fourth-order valence-corrected chi connectivity index (χ4v) is 5.60. The van der Waals surface area contributed by atoms with Crippen LogP contribution in [0.2, 0.25) is 0 Å². The van der Waals surface area contributed by atoms with Crippen molar-refractivity contribution in [1.82, 2.24) is 0 Å². The quantitative estimate of drug-likeness (QED) is 0.191. The van der Waals surface area contributed by atoms with E-state index in [4.69, 9.17) is 9.47 Å². The van der Waals surface area contributed by atoms with Crippen LogP contribution in [0, 0.1) is 0 Å². The number of para-hydroxylation sites is 2. The van der Waals surface area contributed by atoms with Crippen molar-refractivity contribution in [3.63, 3.8) is 0 Å². The minimum atomic E-state index is 0.0765. The van der Waals surface area contributed by atoms with Crippen molar-refractivity contribution in [1.29, 1.82) is 0 Å². The first-order valence-electron chi connectivity index (χ1n) is 13.0. The molecule has 5 aromatic rings. The molecule has 0 unspecified atom stereocenters. The molecule has 0 bridgehead atoms. The fourth-order valence-electron chi connectivity index (χ4n) is 5.60. The summed E-state index contributed by atoms with van der Waals surface area (Å²) < 4.78 is 13.1. The molecule has 0 atom stereocenters. The van der Waals surface area contributed by atoms with Crippen molar-refractivity contribution in [2.45, 2.75) is 6.92 Å². The van der Waals surface area contributed by atoms with E-state index in [0.29, 0.717) is 0 Å². The summed E-state index contributed by atoms with van der Waals surface area (Å²) in [5.41, 5.74) is 9.13. The highest BCUT2D eigenvalue weighted by Crippen LogP contribution is 2.41. The minimum Gasteiger partial charge on any atom is -0.458 e. The molecule has 2 heterocycles. The lowest BCUT2D eigenvalue weighted by Gasteiger charge is -2.33. The lowest BCUT2D eigenvalue weighted by Crippen LogP contribution is -2.57. The van der Waals surface area contributed by atoms with Gasteiger partial charge in [-0.3, -0.25) is 0 Å². The van der Waals surface area contributed by atoms with E-state index >= 15 is 0 Å². The van der Waals surface area contributed by atoms with E-state index in [1.54, 1.807) is 0 Å². The summed E-state index contributed by atoms with van der Waals surface area (Å²) in [7, 11) is 0. The molecule has 2 aliphatic heterocycles. The number of benzene rings is 5. The van der Waals surface area contributed by atoms with E-state index in [2.05, 4.69) is 109 Å². The Bertz CT molecular complexity index is 1660. The molecule has 0 N–H and O–H groups in total. The molecule has 0 aliphatic carbocycles. The third-order valence-electron chi connectivity index (χ3n) is 7.32. The van der Waals surface area contributed by atoms with Gasteiger partial charge in [0.1, 0.15) is 23.0 Å². The van der Waals surface area contributed by atoms with Gasteiger partial charge in [-0.05, 0) is 76.0 Å². The highest BCUT2D eigenvalue weighted by atomic mass is 16.5. The molecule has 7 rings (SSSR count). The molecule has 0 radical (unpaired) electrons. The van der Waals surface area contributed by atoms with Crippen LogP contribution < -0.4 is 25.9 Å². The molecule has 0 amide bonds. The largest absolute Gasteiger partial charge is 0.458 e. The van der Waals surface area contributed by atoms with Crippen LogP contribution in [0.1, 0.15) is 12.5 Å². The molecule has 0 saturated carbocycles. The molecule has 5 aromatic carbocycles. The van der Waals surface area contributed by atoms with E-state index in [0.717, 1.165) is 45.2 Å². The zero-order chi connectivity index (χ0) is 25.5. The summed E-state index contributed by atoms with van der Waals surface area (Å²) in [6.07, 6.45) is 8.29. The Balaban J connectivity index is 1.45. The van der Waals surface area contributed by atoms with E-state index in [1.165, 1.54) is 22.1 Å². The Morgan fingerprint density at radius 3 is 1.84 bits per heavy atom. The predicted molar refractivity (Wildman–Crippen MR) is 159 cm³/mol.